The van der Waals surface area contributed by atoms with Gasteiger partial charge in [-0.05, 0) is 30.5 Å². The number of carbonyl (C=O) groups excluding carboxylic acids is 1. The molecule has 1 aliphatic heterocycles. The number of carbonyl (C=O) groups is 1. The molecule has 1 fully saturated rings. The van der Waals surface area contributed by atoms with Crippen molar-refractivity contribution in [1.29, 1.82) is 0 Å². The third-order valence-corrected chi connectivity index (χ3v) is 6.90. The lowest BCUT2D eigenvalue weighted by Gasteiger charge is -2.36. The second kappa shape index (κ2) is 7.69. The summed E-state index contributed by atoms with van der Waals surface area (Å²) in [6, 6.07) is 10.5. The highest BCUT2D eigenvalue weighted by molar-refractivity contribution is 7.22. The van der Waals surface area contributed by atoms with E-state index in [-0.39, 0.29) is 11.6 Å². The molecule has 1 amide bonds. The Morgan fingerprint density at radius 3 is 2.46 bits per heavy atom. The Labute approximate surface area is 170 Å². The van der Waals surface area contributed by atoms with Crippen LogP contribution in [0.1, 0.15) is 15.4 Å². The molecule has 0 aliphatic carbocycles. The molecule has 0 unspecified atom stereocenters. The summed E-state index contributed by atoms with van der Waals surface area (Å²) in [5.74, 6) is 0.0288. The molecule has 3 heterocycles. The van der Waals surface area contributed by atoms with E-state index in [1.165, 1.54) is 23.5 Å². The molecular formula is C19H18N4O3S2. The number of anilines is 1. The van der Waals surface area contributed by atoms with Crippen LogP contribution in [0.3, 0.4) is 0 Å². The first kappa shape index (κ1) is 18.6. The minimum Gasteiger partial charge on any atom is -0.368 e. The second-order valence-electron chi connectivity index (χ2n) is 6.46. The summed E-state index contributed by atoms with van der Waals surface area (Å²) in [5, 5.41) is 13.7. The number of rotatable bonds is 4. The number of aromatic nitrogens is 1. The molecule has 0 atom stereocenters. The van der Waals surface area contributed by atoms with Crippen LogP contribution in [0, 0.1) is 17.0 Å². The highest BCUT2D eigenvalue weighted by Crippen LogP contribution is 2.32. The van der Waals surface area contributed by atoms with Crippen LogP contribution in [0.15, 0.2) is 41.8 Å². The number of hydrogen-bond acceptors (Lipinski definition) is 7. The van der Waals surface area contributed by atoms with E-state index in [1.807, 2.05) is 29.3 Å². The first-order valence-electron chi connectivity index (χ1n) is 8.83. The van der Waals surface area contributed by atoms with Crippen LogP contribution >= 0.6 is 22.7 Å². The SMILES string of the molecule is Cc1nc(-c2cccs2)sc1C(=O)N1CCN(c2ccc([N+](=O)[O-])cc2)CC1. The standard InChI is InChI=1S/C19H18N4O3S2/c1-13-17(28-18(20-13)16-3-2-12-27-16)19(24)22-10-8-21(9-11-22)14-4-6-15(7-5-14)23(25)26/h2-7,12H,8-11H2,1H3. The maximum absolute atomic E-state index is 13.0. The van der Waals surface area contributed by atoms with Crippen molar-refractivity contribution in [2.75, 3.05) is 31.1 Å². The number of nitro groups is 1. The summed E-state index contributed by atoms with van der Waals surface area (Å²) in [7, 11) is 0. The maximum Gasteiger partial charge on any atom is 0.269 e. The van der Waals surface area contributed by atoms with E-state index in [2.05, 4.69) is 9.88 Å². The van der Waals surface area contributed by atoms with Crippen LogP contribution in [-0.4, -0.2) is 46.9 Å². The highest BCUT2D eigenvalue weighted by Gasteiger charge is 2.26. The zero-order valence-electron chi connectivity index (χ0n) is 15.2. The molecule has 1 saturated heterocycles. The van der Waals surface area contributed by atoms with Crippen LogP contribution in [0.4, 0.5) is 11.4 Å². The monoisotopic (exact) mass is 414 g/mol. The van der Waals surface area contributed by atoms with Crippen LogP contribution in [0.5, 0.6) is 0 Å². The Kier molecular flexibility index (Phi) is 5.10. The molecule has 0 saturated carbocycles. The lowest BCUT2D eigenvalue weighted by atomic mass is 10.2. The van der Waals surface area contributed by atoms with Gasteiger partial charge in [0.2, 0.25) is 0 Å². The van der Waals surface area contributed by atoms with Gasteiger partial charge in [-0.3, -0.25) is 14.9 Å². The van der Waals surface area contributed by atoms with Gasteiger partial charge < -0.3 is 9.80 Å². The van der Waals surface area contributed by atoms with E-state index < -0.39 is 4.92 Å². The van der Waals surface area contributed by atoms with E-state index in [0.717, 1.165) is 21.3 Å². The maximum atomic E-state index is 13.0. The number of nitro benzene ring substituents is 1. The Bertz CT molecular complexity index is 991. The lowest BCUT2D eigenvalue weighted by Crippen LogP contribution is -2.48. The summed E-state index contributed by atoms with van der Waals surface area (Å²) in [6.45, 7) is 4.50. The number of benzene rings is 1. The molecule has 9 heteroatoms. The average Bonchev–Trinajstić information content (AvgIpc) is 3.37. The zero-order chi connectivity index (χ0) is 19.7. The molecule has 0 N–H and O–H groups in total. The van der Waals surface area contributed by atoms with Gasteiger partial charge in [0.25, 0.3) is 11.6 Å². The Balaban J connectivity index is 1.42. The van der Waals surface area contributed by atoms with Gasteiger partial charge in [-0.2, -0.15) is 0 Å². The van der Waals surface area contributed by atoms with Crippen LogP contribution in [-0.2, 0) is 0 Å². The van der Waals surface area contributed by atoms with Gasteiger partial charge >= 0.3 is 0 Å². The number of thiazole rings is 1. The minimum atomic E-state index is -0.401. The summed E-state index contributed by atoms with van der Waals surface area (Å²) in [4.78, 5) is 33.7. The molecule has 4 rings (SSSR count). The average molecular weight is 415 g/mol. The van der Waals surface area contributed by atoms with Crippen molar-refractivity contribution in [1.82, 2.24) is 9.88 Å². The van der Waals surface area contributed by atoms with E-state index in [1.54, 1.807) is 23.5 Å². The van der Waals surface area contributed by atoms with E-state index in [4.69, 9.17) is 0 Å². The first-order valence-corrected chi connectivity index (χ1v) is 10.5. The van der Waals surface area contributed by atoms with Crippen molar-refractivity contribution in [3.05, 3.63) is 62.5 Å². The number of hydrogen-bond donors (Lipinski definition) is 0. The molecule has 28 heavy (non-hydrogen) atoms. The Hall–Kier alpha value is -2.78. The van der Waals surface area contributed by atoms with E-state index >= 15 is 0 Å². The fourth-order valence-corrected chi connectivity index (χ4v) is 5.03. The van der Waals surface area contributed by atoms with Gasteiger partial charge in [0.1, 0.15) is 9.88 Å². The molecular weight excluding hydrogens is 396 g/mol. The lowest BCUT2D eigenvalue weighted by molar-refractivity contribution is -0.384. The number of non-ortho nitro benzene ring substituents is 1. The first-order chi connectivity index (χ1) is 13.5. The van der Waals surface area contributed by atoms with Crippen LogP contribution < -0.4 is 4.90 Å². The van der Waals surface area contributed by atoms with Crippen molar-refractivity contribution in [3.8, 4) is 9.88 Å². The van der Waals surface area contributed by atoms with E-state index in [9.17, 15) is 14.9 Å². The van der Waals surface area contributed by atoms with Gasteiger partial charge in [-0.15, -0.1) is 22.7 Å². The van der Waals surface area contributed by atoms with Crippen molar-refractivity contribution >= 4 is 40.0 Å². The largest absolute Gasteiger partial charge is 0.368 e. The minimum absolute atomic E-state index is 0.0288. The van der Waals surface area contributed by atoms with Gasteiger partial charge in [0.15, 0.2) is 0 Å². The van der Waals surface area contributed by atoms with Gasteiger partial charge in [0.05, 0.1) is 15.5 Å². The summed E-state index contributed by atoms with van der Waals surface area (Å²) in [5.41, 5.74) is 1.79. The molecule has 1 aromatic carbocycles. The molecule has 7 nitrogen and oxygen atoms in total. The van der Waals surface area contributed by atoms with Gasteiger partial charge in [0, 0.05) is 44.0 Å². The van der Waals surface area contributed by atoms with Gasteiger partial charge in [-0.25, -0.2) is 4.98 Å². The van der Waals surface area contributed by atoms with Crippen LogP contribution in [0.2, 0.25) is 0 Å². The fraction of sp³-hybridized carbons (Fsp3) is 0.263. The third kappa shape index (κ3) is 3.63. The topological polar surface area (TPSA) is 79.6 Å². The number of thiophene rings is 1. The number of nitrogens with zero attached hydrogens (tertiary/aromatic N) is 4. The number of amides is 1. The van der Waals surface area contributed by atoms with Crippen molar-refractivity contribution < 1.29 is 9.72 Å². The zero-order valence-corrected chi connectivity index (χ0v) is 16.8. The van der Waals surface area contributed by atoms with Gasteiger partial charge in [-0.1, -0.05) is 6.07 Å². The predicted octanol–water partition coefficient (Wildman–Crippen LogP) is 4.05. The molecule has 0 spiro atoms. The summed E-state index contributed by atoms with van der Waals surface area (Å²) >= 11 is 3.07. The highest BCUT2D eigenvalue weighted by atomic mass is 32.1. The molecule has 1 aliphatic rings. The quantitative estimate of drug-likeness (QED) is 0.475. The Morgan fingerprint density at radius 1 is 1.14 bits per heavy atom. The van der Waals surface area contributed by atoms with Crippen molar-refractivity contribution in [2.24, 2.45) is 0 Å². The van der Waals surface area contributed by atoms with Crippen LogP contribution in [0.25, 0.3) is 9.88 Å². The van der Waals surface area contributed by atoms with E-state index in [0.29, 0.717) is 31.1 Å². The molecule has 0 bridgehead atoms. The Morgan fingerprint density at radius 2 is 1.86 bits per heavy atom. The summed E-state index contributed by atoms with van der Waals surface area (Å²) in [6.07, 6.45) is 0. The molecule has 3 aromatic rings. The number of piperazine rings is 1. The predicted molar refractivity (Wildman–Crippen MR) is 111 cm³/mol. The molecule has 2 aromatic heterocycles. The van der Waals surface area contributed by atoms with Crippen molar-refractivity contribution in [3.63, 3.8) is 0 Å². The molecule has 144 valence electrons. The fourth-order valence-electron chi connectivity index (χ4n) is 3.20. The second-order valence-corrected chi connectivity index (χ2v) is 8.41. The third-order valence-electron chi connectivity index (χ3n) is 4.72. The normalized spacial score (nSPS) is 14.3. The summed E-state index contributed by atoms with van der Waals surface area (Å²) < 4.78 is 0. The number of aryl methyl sites for hydroxylation is 1. The smallest absolute Gasteiger partial charge is 0.269 e. The van der Waals surface area contributed by atoms with Crippen molar-refractivity contribution in [2.45, 2.75) is 6.92 Å². The molecule has 0 radical (unpaired) electrons.